The molecule has 0 bridgehead atoms. The number of hydrogen-bond acceptors (Lipinski definition) is 3. The highest BCUT2D eigenvalue weighted by atomic mass is 19.1. The van der Waals surface area contributed by atoms with Crippen LogP contribution in [0.3, 0.4) is 0 Å². The van der Waals surface area contributed by atoms with Gasteiger partial charge in [-0.1, -0.05) is 54.6 Å². The van der Waals surface area contributed by atoms with Crippen LogP contribution in [0.15, 0.2) is 85.1 Å². The van der Waals surface area contributed by atoms with E-state index in [4.69, 9.17) is 4.74 Å². The number of nitrogens with one attached hydrogen (secondary N) is 2. The molecule has 8 heteroatoms. The SMILES string of the molecule is COCCCN(CC(=O)N(CCc1c[nH]c2ccccc12)Cc1ccccc1)C(=O)Nc1cccc(F)c1. The minimum atomic E-state index is -0.462. The van der Waals surface area contributed by atoms with Crippen molar-refractivity contribution in [2.45, 2.75) is 19.4 Å². The number of urea groups is 1. The largest absolute Gasteiger partial charge is 0.385 e. The Hall–Kier alpha value is -4.17. The molecule has 4 rings (SSSR count). The monoisotopic (exact) mass is 516 g/mol. The standard InChI is InChI=1S/C30H33FN4O3/c1-38-18-8-16-35(30(37)33-26-12-7-11-25(31)19-26)22-29(36)34(21-23-9-3-2-4-10-23)17-15-24-20-32-28-14-6-5-13-27(24)28/h2-7,9-14,19-20,32H,8,15-18,21-22H2,1H3,(H,33,37). The molecule has 0 radical (unpaired) electrons. The van der Waals surface area contributed by atoms with Crippen LogP contribution in [0.4, 0.5) is 14.9 Å². The van der Waals surface area contributed by atoms with Crippen LogP contribution >= 0.6 is 0 Å². The van der Waals surface area contributed by atoms with Gasteiger partial charge in [0.15, 0.2) is 0 Å². The summed E-state index contributed by atoms with van der Waals surface area (Å²) in [6.45, 7) is 1.59. The summed E-state index contributed by atoms with van der Waals surface area (Å²) in [6, 6.07) is 23.1. The lowest BCUT2D eigenvalue weighted by molar-refractivity contribution is -0.132. The van der Waals surface area contributed by atoms with Crippen molar-refractivity contribution < 1.29 is 18.7 Å². The fourth-order valence-corrected chi connectivity index (χ4v) is 4.37. The number of amides is 3. The van der Waals surface area contributed by atoms with Crippen molar-refractivity contribution in [1.29, 1.82) is 0 Å². The molecule has 7 nitrogen and oxygen atoms in total. The van der Waals surface area contributed by atoms with Gasteiger partial charge in [0.2, 0.25) is 5.91 Å². The maximum atomic E-state index is 13.6. The minimum absolute atomic E-state index is 0.106. The van der Waals surface area contributed by atoms with Gasteiger partial charge in [-0.15, -0.1) is 0 Å². The molecule has 0 spiro atoms. The number of aromatic nitrogens is 1. The summed E-state index contributed by atoms with van der Waals surface area (Å²) in [5.74, 6) is -0.614. The zero-order valence-corrected chi connectivity index (χ0v) is 21.5. The predicted molar refractivity (Wildman–Crippen MR) is 147 cm³/mol. The van der Waals surface area contributed by atoms with Gasteiger partial charge in [0.1, 0.15) is 12.4 Å². The van der Waals surface area contributed by atoms with Gasteiger partial charge in [-0.05, 0) is 48.2 Å². The Labute approximate surface area is 222 Å². The number of hydrogen-bond donors (Lipinski definition) is 2. The molecule has 3 aromatic carbocycles. The van der Waals surface area contributed by atoms with Gasteiger partial charge >= 0.3 is 6.03 Å². The molecule has 0 aliphatic carbocycles. The predicted octanol–water partition coefficient (Wildman–Crippen LogP) is 5.45. The number of H-pyrrole nitrogens is 1. The van der Waals surface area contributed by atoms with Crippen molar-refractivity contribution in [3.05, 3.63) is 102 Å². The third-order valence-corrected chi connectivity index (χ3v) is 6.36. The van der Waals surface area contributed by atoms with Crippen LogP contribution in [0.25, 0.3) is 10.9 Å². The summed E-state index contributed by atoms with van der Waals surface area (Å²) in [5.41, 5.74) is 3.53. The van der Waals surface area contributed by atoms with Crippen LogP contribution in [0.5, 0.6) is 0 Å². The molecule has 38 heavy (non-hydrogen) atoms. The summed E-state index contributed by atoms with van der Waals surface area (Å²) in [5, 5.41) is 3.84. The maximum Gasteiger partial charge on any atom is 0.322 e. The van der Waals surface area contributed by atoms with Crippen molar-refractivity contribution in [3.63, 3.8) is 0 Å². The first-order chi connectivity index (χ1) is 18.5. The molecule has 0 atom stereocenters. The van der Waals surface area contributed by atoms with Crippen LogP contribution in [-0.4, -0.2) is 60.1 Å². The molecule has 0 saturated heterocycles. The van der Waals surface area contributed by atoms with Crippen LogP contribution in [-0.2, 0) is 22.5 Å². The fourth-order valence-electron chi connectivity index (χ4n) is 4.37. The third-order valence-electron chi connectivity index (χ3n) is 6.36. The van der Waals surface area contributed by atoms with Crippen LogP contribution < -0.4 is 5.32 Å². The van der Waals surface area contributed by atoms with Crippen molar-refractivity contribution in [2.75, 3.05) is 38.7 Å². The van der Waals surface area contributed by atoms with E-state index in [-0.39, 0.29) is 12.5 Å². The number of rotatable bonds is 12. The number of benzene rings is 3. The molecule has 3 amide bonds. The average molecular weight is 517 g/mol. The summed E-state index contributed by atoms with van der Waals surface area (Å²) in [6.07, 6.45) is 3.22. The number of aromatic amines is 1. The van der Waals surface area contributed by atoms with E-state index in [2.05, 4.69) is 16.4 Å². The summed E-state index contributed by atoms with van der Waals surface area (Å²) >= 11 is 0. The second-order valence-electron chi connectivity index (χ2n) is 9.12. The van der Waals surface area contributed by atoms with Gasteiger partial charge in [0.05, 0.1) is 0 Å². The molecule has 2 N–H and O–H groups in total. The first-order valence-electron chi connectivity index (χ1n) is 12.7. The first kappa shape index (κ1) is 26.9. The number of fused-ring (bicyclic) bond motifs is 1. The highest BCUT2D eigenvalue weighted by Crippen LogP contribution is 2.19. The maximum absolute atomic E-state index is 13.6. The smallest absolute Gasteiger partial charge is 0.322 e. The summed E-state index contributed by atoms with van der Waals surface area (Å²) < 4.78 is 18.8. The number of ether oxygens (including phenoxy) is 1. The highest BCUT2D eigenvalue weighted by molar-refractivity contribution is 5.92. The van der Waals surface area contributed by atoms with E-state index in [9.17, 15) is 14.0 Å². The summed E-state index contributed by atoms with van der Waals surface area (Å²) in [4.78, 5) is 33.3. The Morgan fingerprint density at radius 3 is 2.53 bits per heavy atom. The van der Waals surface area contributed by atoms with Crippen LogP contribution in [0.1, 0.15) is 17.5 Å². The zero-order chi connectivity index (χ0) is 26.7. The molecule has 0 aliphatic heterocycles. The average Bonchev–Trinajstić information content (AvgIpc) is 3.34. The van der Waals surface area contributed by atoms with Crippen molar-refractivity contribution in [1.82, 2.24) is 14.8 Å². The Balaban J connectivity index is 1.49. The van der Waals surface area contributed by atoms with Crippen molar-refractivity contribution in [2.24, 2.45) is 0 Å². The normalized spacial score (nSPS) is 10.9. The quantitative estimate of drug-likeness (QED) is 0.246. The van der Waals surface area contributed by atoms with Gasteiger partial charge in [-0.2, -0.15) is 0 Å². The van der Waals surface area contributed by atoms with E-state index >= 15 is 0 Å². The Morgan fingerprint density at radius 1 is 0.947 bits per heavy atom. The number of methoxy groups -OCH3 is 1. The Bertz CT molecular complexity index is 1340. The van der Waals surface area contributed by atoms with Gasteiger partial charge < -0.3 is 24.8 Å². The van der Waals surface area contributed by atoms with Gasteiger partial charge in [-0.25, -0.2) is 9.18 Å². The molecular weight excluding hydrogens is 483 g/mol. The molecule has 198 valence electrons. The topological polar surface area (TPSA) is 77.7 Å². The van der Waals surface area contributed by atoms with E-state index in [0.717, 1.165) is 22.0 Å². The molecule has 1 heterocycles. The highest BCUT2D eigenvalue weighted by Gasteiger charge is 2.22. The number of nitrogens with zero attached hydrogens (tertiary/aromatic N) is 2. The second-order valence-corrected chi connectivity index (χ2v) is 9.12. The van der Waals surface area contributed by atoms with Crippen LogP contribution in [0.2, 0.25) is 0 Å². The lowest BCUT2D eigenvalue weighted by Gasteiger charge is -2.28. The summed E-state index contributed by atoms with van der Waals surface area (Å²) in [7, 11) is 1.59. The molecule has 0 fully saturated rings. The van der Waals surface area contributed by atoms with E-state index in [0.29, 0.717) is 44.8 Å². The van der Waals surface area contributed by atoms with Gasteiger partial charge in [-0.3, -0.25) is 4.79 Å². The second kappa shape index (κ2) is 13.4. The molecule has 0 unspecified atom stereocenters. The number of carbonyl (C=O) groups is 2. The third kappa shape index (κ3) is 7.43. The zero-order valence-electron chi connectivity index (χ0n) is 21.5. The number of halogens is 1. The molecule has 0 aliphatic rings. The molecule has 1 aromatic heterocycles. The van der Waals surface area contributed by atoms with E-state index in [1.165, 1.54) is 23.1 Å². The lowest BCUT2D eigenvalue weighted by Crippen LogP contribution is -2.45. The van der Waals surface area contributed by atoms with Gasteiger partial charge in [0, 0.05) is 56.1 Å². The van der Waals surface area contributed by atoms with E-state index in [1.54, 1.807) is 18.1 Å². The number of carbonyl (C=O) groups excluding carboxylic acids is 2. The van der Waals surface area contributed by atoms with Crippen molar-refractivity contribution >= 4 is 28.5 Å². The van der Waals surface area contributed by atoms with E-state index in [1.807, 2.05) is 54.7 Å². The lowest BCUT2D eigenvalue weighted by atomic mass is 10.1. The Morgan fingerprint density at radius 2 is 1.74 bits per heavy atom. The number of para-hydroxylation sites is 1. The Kier molecular flexibility index (Phi) is 9.48. The van der Waals surface area contributed by atoms with Crippen LogP contribution in [0, 0.1) is 5.82 Å². The first-order valence-corrected chi connectivity index (χ1v) is 12.7. The molecule has 0 saturated carbocycles. The van der Waals surface area contributed by atoms with Crippen molar-refractivity contribution in [3.8, 4) is 0 Å². The minimum Gasteiger partial charge on any atom is -0.385 e. The van der Waals surface area contributed by atoms with Gasteiger partial charge in [0.25, 0.3) is 0 Å². The molecular formula is C30H33FN4O3. The van der Waals surface area contributed by atoms with E-state index < -0.39 is 11.8 Å². The number of anilines is 1. The fraction of sp³-hybridized carbons (Fsp3) is 0.267. The molecule has 4 aromatic rings.